The van der Waals surface area contributed by atoms with Crippen LogP contribution in [0.5, 0.6) is 11.5 Å². The van der Waals surface area contributed by atoms with E-state index in [1.165, 1.54) is 54.6 Å². The Labute approximate surface area is 159 Å². The summed E-state index contributed by atoms with van der Waals surface area (Å²) < 4.78 is 5.58. The van der Waals surface area contributed by atoms with Gasteiger partial charge in [-0.25, -0.2) is 0 Å². The van der Waals surface area contributed by atoms with Crippen molar-refractivity contribution in [2.75, 3.05) is 5.32 Å². The zero-order valence-electron chi connectivity index (χ0n) is 14.3. The molecule has 8 nitrogen and oxygen atoms in total. The van der Waals surface area contributed by atoms with E-state index < -0.39 is 16.8 Å². The third kappa shape index (κ3) is 4.31. The first-order valence-electron chi connectivity index (χ1n) is 8.08. The molecule has 140 valence electrons. The third-order valence-electron chi connectivity index (χ3n) is 3.79. The third-order valence-corrected chi connectivity index (χ3v) is 3.79. The number of hydrogen-bond acceptors (Lipinski definition) is 6. The fourth-order valence-corrected chi connectivity index (χ4v) is 2.41. The number of nitrogens with one attached hydrogen (secondary N) is 1. The summed E-state index contributed by atoms with van der Waals surface area (Å²) in [4.78, 5) is 33.6. The van der Waals surface area contributed by atoms with Gasteiger partial charge in [0, 0.05) is 23.3 Å². The van der Waals surface area contributed by atoms with E-state index in [1.807, 2.05) is 0 Å². The van der Waals surface area contributed by atoms with Crippen molar-refractivity contribution in [1.82, 2.24) is 0 Å². The van der Waals surface area contributed by atoms with Crippen LogP contribution in [-0.2, 0) is 0 Å². The minimum atomic E-state index is -1.39. The van der Waals surface area contributed by atoms with Gasteiger partial charge in [-0.2, -0.15) is 0 Å². The van der Waals surface area contributed by atoms with Gasteiger partial charge in [0.25, 0.3) is 11.6 Å². The number of carboxylic acid groups (broad SMARTS) is 1. The molecule has 0 radical (unpaired) electrons. The Kier molecular flexibility index (Phi) is 5.31. The molecular formula is C20H13N2O6-. The van der Waals surface area contributed by atoms with Crippen LogP contribution in [0.2, 0.25) is 0 Å². The quantitative estimate of drug-likeness (QED) is 0.520. The van der Waals surface area contributed by atoms with Crippen molar-refractivity contribution < 1.29 is 24.4 Å². The van der Waals surface area contributed by atoms with Gasteiger partial charge in [-0.1, -0.05) is 18.2 Å². The Bertz CT molecular complexity index is 1030. The topological polar surface area (TPSA) is 122 Å². The number of ether oxygens (including phenoxy) is 1. The first-order chi connectivity index (χ1) is 13.4. The predicted octanol–water partition coefficient (Wildman–Crippen LogP) is 3.00. The van der Waals surface area contributed by atoms with E-state index in [4.69, 9.17) is 4.74 Å². The number of carbonyl (C=O) groups excluding carboxylic acids is 2. The summed E-state index contributed by atoms with van der Waals surface area (Å²) in [5.41, 5.74) is 0.271. The van der Waals surface area contributed by atoms with Crippen LogP contribution < -0.4 is 15.2 Å². The maximum atomic E-state index is 12.3. The lowest BCUT2D eigenvalue weighted by Gasteiger charge is -2.12. The van der Waals surface area contributed by atoms with Crippen molar-refractivity contribution in [1.29, 1.82) is 0 Å². The Hall–Kier alpha value is -4.20. The van der Waals surface area contributed by atoms with Crippen LogP contribution in [0.4, 0.5) is 11.4 Å². The fourth-order valence-electron chi connectivity index (χ4n) is 2.41. The van der Waals surface area contributed by atoms with E-state index in [0.717, 1.165) is 0 Å². The zero-order chi connectivity index (χ0) is 20.1. The molecule has 0 saturated carbocycles. The molecule has 0 heterocycles. The van der Waals surface area contributed by atoms with Gasteiger partial charge in [0.15, 0.2) is 0 Å². The molecule has 0 aliphatic carbocycles. The lowest BCUT2D eigenvalue weighted by Crippen LogP contribution is -2.24. The second kappa shape index (κ2) is 8.00. The highest BCUT2D eigenvalue weighted by Crippen LogP contribution is 2.24. The summed E-state index contributed by atoms with van der Waals surface area (Å²) in [6.45, 7) is 0. The Morgan fingerprint density at radius 1 is 0.857 bits per heavy atom. The van der Waals surface area contributed by atoms with E-state index in [2.05, 4.69) is 5.32 Å². The number of aromatic carboxylic acids is 1. The maximum Gasteiger partial charge on any atom is 0.269 e. The smallest absolute Gasteiger partial charge is 0.269 e. The van der Waals surface area contributed by atoms with Crippen LogP contribution in [-0.4, -0.2) is 16.8 Å². The molecule has 1 amide bonds. The molecule has 28 heavy (non-hydrogen) atoms. The second-order valence-corrected chi connectivity index (χ2v) is 5.66. The Morgan fingerprint density at radius 3 is 2.00 bits per heavy atom. The van der Waals surface area contributed by atoms with Gasteiger partial charge in [0.05, 0.1) is 16.6 Å². The van der Waals surface area contributed by atoms with Crippen molar-refractivity contribution in [2.24, 2.45) is 0 Å². The van der Waals surface area contributed by atoms with Crippen LogP contribution in [0.3, 0.4) is 0 Å². The molecule has 3 rings (SSSR count). The molecule has 0 bridgehead atoms. The van der Waals surface area contributed by atoms with E-state index in [9.17, 15) is 24.8 Å². The summed E-state index contributed by atoms with van der Waals surface area (Å²) in [5, 5.41) is 24.3. The number of anilines is 1. The summed E-state index contributed by atoms with van der Waals surface area (Å²) in [7, 11) is 0. The van der Waals surface area contributed by atoms with Crippen LogP contribution in [0.1, 0.15) is 20.7 Å². The largest absolute Gasteiger partial charge is 0.545 e. The molecule has 1 N–H and O–H groups in total. The molecule has 0 spiro atoms. The highest BCUT2D eigenvalue weighted by Gasteiger charge is 2.10. The standard InChI is InChI=1S/C20H14N2O6/c23-19(21-18-4-2-1-3-17(18)20(24)25)13-5-9-15(10-6-13)28-16-11-7-14(8-12-16)22(26)27/h1-12H,(H,21,23)(H,24,25)/p-1. The number of nitro benzene ring substituents is 1. The van der Waals surface area contributed by atoms with Gasteiger partial charge < -0.3 is 20.0 Å². The summed E-state index contributed by atoms with van der Waals surface area (Å²) in [6.07, 6.45) is 0. The zero-order valence-corrected chi connectivity index (χ0v) is 14.3. The van der Waals surface area contributed by atoms with E-state index >= 15 is 0 Å². The lowest BCUT2D eigenvalue weighted by atomic mass is 10.1. The molecule has 0 aliphatic rings. The number of rotatable bonds is 6. The molecule has 0 saturated heterocycles. The highest BCUT2D eigenvalue weighted by molar-refractivity contribution is 6.07. The molecule has 0 fully saturated rings. The van der Waals surface area contributed by atoms with Crippen LogP contribution in [0, 0.1) is 10.1 Å². The molecule has 3 aromatic carbocycles. The number of nitrogens with zero attached hydrogens (tertiary/aromatic N) is 1. The minimum absolute atomic E-state index is 0.0452. The number of carboxylic acids is 1. The number of amides is 1. The first-order valence-corrected chi connectivity index (χ1v) is 8.08. The number of nitro groups is 1. The van der Waals surface area contributed by atoms with Crippen molar-refractivity contribution in [2.45, 2.75) is 0 Å². The maximum absolute atomic E-state index is 12.3. The predicted molar refractivity (Wildman–Crippen MR) is 98.3 cm³/mol. The highest BCUT2D eigenvalue weighted by atomic mass is 16.6. The molecule has 0 unspecified atom stereocenters. The number of para-hydroxylation sites is 1. The van der Waals surface area contributed by atoms with Gasteiger partial charge >= 0.3 is 0 Å². The average molecular weight is 377 g/mol. The Balaban J connectivity index is 1.69. The monoisotopic (exact) mass is 377 g/mol. The van der Waals surface area contributed by atoms with Crippen molar-refractivity contribution >= 4 is 23.3 Å². The summed E-state index contributed by atoms with van der Waals surface area (Å²) >= 11 is 0. The number of benzene rings is 3. The number of hydrogen-bond donors (Lipinski definition) is 1. The lowest BCUT2D eigenvalue weighted by molar-refractivity contribution is -0.384. The van der Waals surface area contributed by atoms with E-state index in [-0.39, 0.29) is 16.9 Å². The number of non-ortho nitro benzene ring substituents is 1. The molecule has 8 heteroatoms. The van der Waals surface area contributed by atoms with Crippen molar-refractivity contribution in [3.8, 4) is 11.5 Å². The molecule has 0 atom stereocenters. The van der Waals surface area contributed by atoms with Gasteiger partial charge in [-0.3, -0.25) is 14.9 Å². The molecule has 3 aromatic rings. The van der Waals surface area contributed by atoms with Crippen LogP contribution in [0.15, 0.2) is 72.8 Å². The first kappa shape index (κ1) is 18.6. The van der Waals surface area contributed by atoms with Crippen LogP contribution >= 0.6 is 0 Å². The summed E-state index contributed by atoms with van der Waals surface area (Å²) in [6, 6.07) is 17.7. The molecular weight excluding hydrogens is 364 g/mol. The van der Waals surface area contributed by atoms with Gasteiger partial charge in [0.1, 0.15) is 11.5 Å². The van der Waals surface area contributed by atoms with E-state index in [0.29, 0.717) is 17.1 Å². The second-order valence-electron chi connectivity index (χ2n) is 5.66. The average Bonchev–Trinajstić information content (AvgIpc) is 2.69. The molecule has 0 aliphatic heterocycles. The van der Waals surface area contributed by atoms with Gasteiger partial charge in [0.2, 0.25) is 0 Å². The number of carbonyl (C=O) groups is 2. The Morgan fingerprint density at radius 2 is 1.43 bits per heavy atom. The van der Waals surface area contributed by atoms with Crippen molar-refractivity contribution in [3.63, 3.8) is 0 Å². The van der Waals surface area contributed by atoms with Gasteiger partial charge in [-0.05, 0) is 42.5 Å². The minimum Gasteiger partial charge on any atom is -0.545 e. The fraction of sp³-hybridized carbons (Fsp3) is 0. The summed E-state index contributed by atoms with van der Waals surface area (Å²) in [5.74, 6) is -1.04. The van der Waals surface area contributed by atoms with Gasteiger partial charge in [-0.15, -0.1) is 0 Å². The normalized spacial score (nSPS) is 10.1. The van der Waals surface area contributed by atoms with Crippen LogP contribution in [0.25, 0.3) is 0 Å². The van der Waals surface area contributed by atoms with E-state index in [1.54, 1.807) is 18.2 Å². The van der Waals surface area contributed by atoms with Crippen molar-refractivity contribution in [3.05, 3.63) is 94.0 Å². The molecule has 0 aromatic heterocycles. The SMILES string of the molecule is O=C(Nc1ccccc1C(=O)[O-])c1ccc(Oc2ccc([N+](=O)[O-])cc2)cc1.